The Morgan fingerprint density at radius 3 is 2.29 bits per heavy atom. The minimum atomic E-state index is -3.88. The zero-order chi connectivity index (χ0) is 15.8. The first-order valence-electron chi connectivity index (χ1n) is 6.80. The fourth-order valence-corrected chi connectivity index (χ4v) is 3.88. The van der Waals surface area contributed by atoms with Crippen LogP contribution in [0.3, 0.4) is 0 Å². The van der Waals surface area contributed by atoms with E-state index >= 15 is 0 Å². The molecular formula is C14H19FN2O3S. The number of carbonyl (C=O) groups excluding carboxylic acids is 1. The second-order valence-electron chi connectivity index (χ2n) is 5.49. The molecule has 21 heavy (non-hydrogen) atoms. The normalized spacial score (nSPS) is 16.6. The number of sulfonamides is 1. The van der Waals surface area contributed by atoms with E-state index in [9.17, 15) is 17.6 Å². The van der Waals surface area contributed by atoms with E-state index in [1.54, 1.807) is 0 Å². The lowest BCUT2D eigenvalue weighted by molar-refractivity contribution is -0.122. The van der Waals surface area contributed by atoms with Gasteiger partial charge in [0.05, 0.1) is 10.9 Å². The number of halogens is 1. The first-order chi connectivity index (χ1) is 9.70. The molecule has 1 aliphatic rings. The summed E-state index contributed by atoms with van der Waals surface area (Å²) in [4.78, 5) is 11.9. The number of hydrogen-bond donors (Lipinski definition) is 2. The Labute approximate surface area is 124 Å². The van der Waals surface area contributed by atoms with Gasteiger partial charge in [0.25, 0.3) is 0 Å². The maximum Gasteiger partial charge on any atom is 0.241 e. The summed E-state index contributed by atoms with van der Waals surface area (Å²) in [5.74, 6) is -0.832. The molecule has 1 unspecified atom stereocenters. The van der Waals surface area contributed by atoms with Crippen molar-refractivity contribution in [2.45, 2.75) is 50.6 Å². The summed E-state index contributed by atoms with van der Waals surface area (Å²) in [7, 11) is -3.88. The molecular weight excluding hydrogens is 295 g/mol. The monoisotopic (exact) mass is 314 g/mol. The second-order valence-corrected chi connectivity index (χ2v) is 7.15. The minimum Gasteiger partial charge on any atom is -0.352 e. The number of carbonyl (C=O) groups is 1. The number of aryl methyl sites for hydroxylation is 2. The third-order valence-corrected chi connectivity index (χ3v) is 5.19. The average Bonchev–Trinajstić information content (AvgIpc) is 3.09. The molecule has 1 saturated carbocycles. The summed E-state index contributed by atoms with van der Waals surface area (Å²) in [6.07, 6.45) is 1.86. The molecule has 0 aliphatic heterocycles. The summed E-state index contributed by atoms with van der Waals surface area (Å²) >= 11 is 0. The molecule has 0 heterocycles. The Balaban J connectivity index is 2.20. The lowest BCUT2D eigenvalue weighted by Gasteiger charge is -2.16. The summed E-state index contributed by atoms with van der Waals surface area (Å²) in [5, 5.41) is 2.74. The zero-order valence-electron chi connectivity index (χ0n) is 12.2. The van der Waals surface area contributed by atoms with Gasteiger partial charge in [-0.3, -0.25) is 4.79 Å². The maximum atomic E-state index is 13.3. The van der Waals surface area contributed by atoms with E-state index in [1.807, 2.05) is 0 Å². The molecule has 2 N–H and O–H groups in total. The van der Waals surface area contributed by atoms with Crippen LogP contribution in [0.4, 0.5) is 4.39 Å². The minimum absolute atomic E-state index is 0.0231. The second kappa shape index (κ2) is 5.73. The topological polar surface area (TPSA) is 75.3 Å². The van der Waals surface area contributed by atoms with Crippen molar-refractivity contribution in [2.75, 3.05) is 0 Å². The summed E-state index contributed by atoms with van der Waals surface area (Å²) in [5.41, 5.74) is 0.629. The van der Waals surface area contributed by atoms with E-state index in [-0.39, 0.29) is 16.8 Å². The molecule has 0 saturated heterocycles. The number of rotatable bonds is 5. The Hall–Kier alpha value is -1.47. The average molecular weight is 314 g/mol. The van der Waals surface area contributed by atoms with Crippen LogP contribution in [0, 0.1) is 19.7 Å². The van der Waals surface area contributed by atoms with Crippen LogP contribution < -0.4 is 10.0 Å². The molecule has 0 aromatic heterocycles. The summed E-state index contributed by atoms with van der Waals surface area (Å²) in [6, 6.07) is 1.62. The Bertz CT molecular complexity index is 646. The Kier molecular flexibility index (Phi) is 4.34. The van der Waals surface area contributed by atoms with Gasteiger partial charge in [-0.25, -0.2) is 12.8 Å². The van der Waals surface area contributed by atoms with E-state index in [0.29, 0.717) is 11.1 Å². The number of amides is 1. The van der Waals surface area contributed by atoms with E-state index < -0.39 is 21.9 Å². The lowest BCUT2D eigenvalue weighted by atomic mass is 10.1. The quantitative estimate of drug-likeness (QED) is 0.862. The zero-order valence-corrected chi connectivity index (χ0v) is 13.1. The molecule has 1 amide bonds. The maximum absolute atomic E-state index is 13.3. The predicted octanol–water partition coefficient (Wildman–Crippen LogP) is 1.39. The van der Waals surface area contributed by atoms with Crippen molar-refractivity contribution in [3.05, 3.63) is 29.1 Å². The molecule has 5 nitrogen and oxygen atoms in total. The molecule has 0 radical (unpaired) electrons. The Morgan fingerprint density at radius 2 is 1.81 bits per heavy atom. The highest BCUT2D eigenvalue weighted by molar-refractivity contribution is 7.89. The van der Waals surface area contributed by atoms with Crippen LogP contribution in [0.2, 0.25) is 0 Å². The largest absolute Gasteiger partial charge is 0.352 e. The van der Waals surface area contributed by atoms with Crippen molar-refractivity contribution in [2.24, 2.45) is 0 Å². The van der Waals surface area contributed by atoms with Crippen LogP contribution >= 0.6 is 0 Å². The highest BCUT2D eigenvalue weighted by atomic mass is 32.2. The van der Waals surface area contributed by atoms with Crippen molar-refractivity contribution in [1.29, 1.82) is 0 Å². The molecule has 1 aromatic carbocycles. The van der Waals surface area contributed by atoms with E-state index in [2.05, 4.69) is 10.0 Å². The van der Waals surface area contributed by atoms with E-state index in [0.717, 1.165) is 25.0 Å². The molecule has 1 aromatic rings. The smallest absolute Gasteiger partial charge is 0.241 e. The molecule has 0 spiro atoms. The number of benzene rings is 1. The number of hydrogen-bond acceptors (Lipinski definition) is 3. The molecule has 0 bridgehead atoms. The van der Waals surface area contributed by atoms with Crippen LogP contribution in [0.25, 0.3) is 0 Å². The third-order valence-electron chi connectivity index (χ3n) is 3.34. The van der Waals surface area contributed by atoms with Crippen LogP contribution in [-0.2, 0) is 14.8 Å². The fourth-order valence-electron chi connectivity index (χ4n) is 2.22. The highest BCUT2D eigenvalue weighted by Crippen LogP contribution is 2.22. The fraction of sp³-hybridized carbons (Fsp3) is 0.500. The van der Waals surface area contributed by atoms with Crippen LogP contribution in [-0.4, -0.2) is 26.4 Å². The van der Waals surface area contributed by atoms with Gasteiger partial charge in [0.1, 0.15) is 5.82 Å². The van der Waals surface area contributed by atoms with Gasteiger partial charge >= 0.3 is 0 Å². The molecule has 116 valence electrons. The van der Waals surface area contributed by atoms with Crippen molar-refractivity contribution >= 4 is 15.9 Å². The summed E-state index contributed by atoms with van der Waals surface area (Å²) < 4.78 is 40.4. The van der Waals surface area contributed by atoms with Gasteiger partial charge in [0, 0.05) is 6.04 Å². The summed E-state index contributed by atoms with van der Waals surface area (Å²) in [6.45, 7) is 4.54. The lowest BCUT2D eigenvalue weighted by Crippen LogP contribution is -2.45. The predicted molar refractivity (Wildman–Crippen MR) is 76.8 cm³/mol. The van der Waals surface area contributed by atoms with Crippen LogP contribution in [0.15, 0.2) is 17.0 Å². The van der Waals surface area contributed by atoms with Gasteiger partial charge in [0.2, 0.25) is 15.9 Å². The first-order valence-corrected chi connectivity index (χ1v) is 8.28. The van der Waals surface area contributed by atoms with Crippen molar-refractivity contribution in [3.8, 4) is 0 Å². The van der Waals surface area contributed by atoms with Gasteiger partial charge in [-0.1, -0.05) is 0 Å². The first kappa shape index (κ1) is 15.9. The SMILES string of the molecule is Cc1cc(F)cc(C)c1S(=O)(=O)NC(C)C(=O)NC1CC1. The van der Waals surface area contributed by atoms with Crippen LogP contribution in [0.5, 0.6) is 0 Å². The third kappa shape index (κ3) is 3.79. The van der Waals surface area contributed by atoms with Gasteiger partial charge in [-0.05, 0) is 56.9 Å². The molecule has 2 rings (SSSR count). The number of nitrogens with one attached hydrogen (secondary N) is 2. The molecule has 1 fully saturated rings. The van der Waals surface area contributed by atoms with Crippen LogP contribution in [0.1, 0.15) is 30.9 Å². The molecule has 1 aliphatic carbocycles. The van der Waals surface area contributed by atoms with Crippen molar-refractivity contribution in [3.63, 3.8) is 0 Å². The van der Waals surface area contributed by atoms with E-state index in [1.165, 1.54) is 20.8 Å². The van der Waals surface area contributed by atoms with Crippen molar-refractivity contribution in [1.82, 2.24) is 10.0 Å². The standard InChI is InChI=1S/C14H19FN2O3S/c1-8-6-11(15)7-9(2)13(8)21(19,20)17-10(3)14(18)16-12-4-5-12/h6-7,10,12,17H,4-5H2,1-3H3,(H,16,18). The van der Waals surface area contributed by atoms with E-state index in [4.69, 9.17) is 0 Å². The highest BCUT2D eigenvalue weighted by Gasteiger charge is 2.29. The molecule has 7 heteroatoms. The van der Waals surface area contributed by atoms with Gasteiger partial charge < -0.3 is 5.32 Å². The molecule has 1 atom stereocenters. The van der Waals surface area contributed by atoms with Gasteiger partial charge in [0.15, 0.2) is 0 Å². The van der Waals surface area contributed by atoms with Gasteiger partial charge in [-0.15, -0.1) is 0 Å². The van der Waals surface area contributed by atoms with Crippen molar-refractivity contribution < 1.29 is 17.6 Å². The van der Waals surface area contributed by atoms with Gasteiger partial charge in [-0.2, -0.15) is 4.72 Å². The Morgan fingerprint density at radius 1 is 1.29 bits per heavy atom.